The van der Waals surface area contributed by atoms with E-state index in [1.807, 2.05) is 30.3 Å². The Morgan fingerprint density at radius 1 is 0.719 bits per heavy atom. The number of fused-ring (bicyclic) bond motifs is 1. The van der Waals surface area contributed by atoms with Crippen molar-refractivity contribution in [3.05, 3.63) is 60.4 Å². The fourth-order valence-electron chi connectivity index (χ4n) is 4.16. The Labute approximate surface area is 193 Å². The van der Waals surface area contributed by atoms with E-state index in [0.717, 1.165) is 34.3 Å². The van der Waals surface area contributed by atoms with E-state index >= 15 is 0 Å². The van der Waals surface area contributed by atoms with Crippen molar-refractivity contribution >= 4 is 10.9 Å². The van der Waals surface area contributed by atoms with Crippen molar-refractivity contribution in [3.63, 3.8) is 0 Å². The quantitative estimate of drug-likeness (QED) is 0.222. The highest BCUT2D eigenvalue weighted by atomic mass is 19.1. The van der Waals surface area contributed by atoms with Gasteiger partial charge in [-0.05, 0) is 42.8 Å². The Hall–Kier alpha value is -2.42. The summed E-state index contributed by atoms with van der Waals surface area (Å²) >= 11 is 0. The summed E-state index contributed by atoms with van der Waals surface area (Å²) in [7, 11) is 0. The van der Waals surface area contributed by atoms with Crippen molar-refractivity contribution in [1.82, 2.24) is 4.98 Å². The largest absolute Gasteiger partial charge is 0.493 e. The zero-order valence-corrected chi connectivity index (χ0v) is 19.6. The van der Waals surface area contributed by atoms with Gasteiger partial charge >= 0.3 is 0 Å². The lowest BCUT2D eigenvalue weighted by molar-refractivity contribution is 0.307. The van der Waals surface area contributed by atoms with Crippen molar-refractivity contribution in [2.24, 2.45) is 0 Å². The summed E-state index contributed by atoms with van der Waals surface area (Å²) in [6, 6.07) is 16.5. The molecular formula is C29H38FNO. The first-order valence-electron chi connectivity index (χ1n) is 12.6. The van der Waals surface area contributed by atoms with Crippen molar-refractivity contribution < 1.29 is 9.13 Å². The van der Waals surface area contributed by atoms with Gasteiger partial charge in [0.25, 0.3) is 0 Å². The summed E-state index contributed by atoms with van der Waals surface area (Å²) in [5, 5.41) is 1.03. The number of nitrogens with zero attached hydrogens (tertiary/aromatic N) is 1. The normalized spacial score (nSPS) is 11.2. The van der Waals surface area contributed by atoms with E-state index in [0.29, 0.717) is 6.61 Å². The molecule has 2 nitrogen and oxygen atoms in total. The first-order chi connectivity index (χ1) is 15.8. The van der Waals surface area contributed by atoms with Gasteiger partial charge in [0.2, 0.25) is 0 Å². The van der Waals surface area contributed by atoms with Gasteiger partial charge in [-0.2, -0.15) is 0 Å². The van der Waals surface area contributed by atoms with Crippen LogP contribution >= 0.6 is 0 Å². The fraction of sp³-hybridized carbons (Fsp3) is 0.483. The summed E-state index contributed by atoms with van der Waals surface area (Å²) in [4.78, 5) is 4.75. The van der Waals surface area contributed by atoms with E-state index in [2.05, 4.69) is 6.92 Å². The number of hydrogen-bond donors (Lipinski definition) is 0. The molecule has 172 valence electrons. The molecule has 0 spiro atoms. The zero-order valence-electron chi connectivity index (χ0n) is 19.6. The van der Waals surface area contributed by atoms with Crippen LogP contribution in [0.25, 0.3) is 22.2 Å². The van der Waals surface area contributed by atoms with Gasteiger partial charge in [0, 0.05) is 17.0 Å². The third-order valence-corrected chi connectivity index (χ3v) is 6.07. The molecule has 0 saturated heterocycles. The molecule has 1 heterocycles. The topological polar surface area (TPSA) is 22.1 Å². The van der Waals surface area contributed by atoms with Crippen LogP contribution in [0.5, 0.6) is 5.75 Å². The predicted molar refractivity (Wildman–Crippen MR) is 134 cm³/mol. The number of rotatable bonds is 15. The van der Waals surface area contributed by atoms with Gasteiger partial charge < -0.3 is 4.74 Å². The lowest BCUT2D eigenvalue weighted by Gasteiger charge is -2.12. The van der Waals surface area contributed by atoms with Crippen LogP contribution in [0.3, 0.4) is 0 Å². The molecule has 0 amide bonds. The van der Waals surface area contributed by atoms with Crippen molar-refractivity contribution in [2.45, 2.75) is 84.0 Å². The molecule has 0 aliphatic heterocycles. The molecule has 3 aromatic rings. The minimum atomic E-state index is -0.238. The van der Waals surface area contributed by atoms with E-state index in [1.54, 1.807) is 12.1 Å². The monoisotopic (exact) mass is 435 g/mol. The highest BCUT2D eigenvalue weighted by Crippen LogP contribution is 2.30. The molecule has 3 heteroatoms. The molecule has 0 aliphatic carbocycles. The first-order valence-corrected chi connectivity index (χ1v) is 12.6. The number of hydrogen-bond acceptors (Lipinski definition) is 2. The molecule has 0 N–H and O–H groups in total. The number of unbranched alkanes of at least 4 members (excludes halogenated alkanes) is 11. The number of ether oxygens (including phenoxy) is 1. The summed E-state index contributed by atoms with van der Waals surface area (Å²) in [5.74, 6) is 0.621. The Morgan fingerprint density at radius 3 is 1.97 bits per heavy atom. The van der Waals surface area contributed by atoms with Gasteiger partial charge in [-0.25, -0.2) is 9.37 Å². The molecule has 0 radical (unpaired) electrons. The highest BCUT2D eigenvalue weighted by molar-refractivity contribution is 5.87. The van der Waals surface area contributed by atoms with E-state index in [-0.39, 0.29) is 5.82 Å². The van der Waals surface area contributed by atoms with Crippen LogP contribution < -0.4 is 4.74 Å². The average Bonchev–Trinajstić information content (AvgIpc) is 2.82. The molecule has 2 aromatic carbocycles. The molecule has 0 fully saturated rings. The molecule has 0 bridgehead atoms. The summed E-state index contributed by atoms with van der Waals surface area (Å²) in [5.41, 5.74) is 2.61. The minimum Gasteiger partial charge on any atom is -0.493 e. The first kappa shape index (κ1) is 24.2. The Morgan fingerprint density at radius 2 is 1.31 bits per heavy atom. The van der Waals surface area contributed by atoms with E-state index < -0.39 is 0 Å². The third-order valence-electron chi connectivity index (χ3n) is 6.07. The Kier molecular flexibility index (Phi) is 10.5. The third kappa shape index (κ3) is 7.93. The molecule has 0 atom stereocenters. The van der Waals surface area contributed by atoms with Crippen LogP contribution in [-0.2, 0) is 0 Å². The van der Waals surface area contributed by atoms with E-state index in [4.69, 9.17) is 9.72 Å². The molecule has 0 saturated carbocycles. The number of para-hydroxylation sites is 1. The molecule has 0 aliphatic rings. The average molecular weight is 436 g/mol. The van der Waals surface area contributed by atoms with Crippen molar-refractivity contribution in [1.29, 1.82) is 0 Å². The van der Waals surface area contributed by atoms with Gasteiger partial charge in [-0.1, -0.05) is 89.7 Å². The molecule has 3 rings (SSSR count). The minimum absolute atomic E-state index is 0.238. The number of halogens is 1. The molecular weight excluding hydrogens is 397 g/mol. The zero-order chi connectivity index (χ0) is 22.4. The lowest BCUT2D eigenvalue weighted by Crippen LogP contribution is -1.99. The van der Waals surface area contributed by atoms with Gasteiger partial charge in [0.1, 0.15) is 11.6 Å². The molecule has 32 heavy (non-hydrogen) atoms. The molecule has 1 aromatic heterocycles. The van der Waals surface area contributed by atoms with Crippen LogP contribution in [0.15, 0.2) is 54.6 Å². The van der Waals surface area contributed by atoms with Crippen LogP contribution in [0.4, 0.5) is 4.39 Å². The smallest absolute Gasteiger partial charge is 0.130 e. The van der Waals surface area contributed by atoms with Gasteiger partial charge in [0.15, 0.2) is 0 Å². The van der Waals surface area contributed by atoms with Gasteiger partial charge in [-0.3, -0.25) is 0 Å². The second kappa shape index (κ2) is 13.9. The van der Waals surface area contributed by atoms with Crippen LogP contribution in [-0.4, -0.2) is 11.6 Å². The summed E-state index contributed by atoms with van der Waals surface area (Å²) in [6.07, 6.45) is 16.0. The van der Waals surface area contributed by atoms with Gasteiger partial charge in [0.05, 0.1) is 17.8 Å². The standard InChI is InChI=1S/C29H38FNO/c1-2-3-4-5-6-7-8-9-10-11-12-15-22-32-29-23-28(24-18-20-25(30)21-19-24)31-27-17-14-13-16-26(27)29/h13-14,16-21,23H,2-12,15,22H2,1H3. The predicted octanol–water partition coefficient (Wildman–Crippen LogP) is 9.12. The Bertz CT molecular complexity index is 922. The fourth-order valence-corrected chi connectivity index (χ4v) is 4.16. The number of pyridine rings is 1. The SMILES string of the molecule is CCCCCCCCCCCCCCOc1cc(-c2ccc(F)cc2)nc2ccccc12. The Balaban J connectivity index is 1.41. The second-order valence-electron chi connectivity index (χ2n) is 8.77. The second-order valence-corrected chi connectivity index (χ2v) is 8.77. The maximum Gasteiger partial charge on any atom is 0.130 e. The van der Waals surface area contributed by atoms with E-state index in [9.17, 15) is 4.39 Å². The number of benzene rings is 2. The van der Waals surface area contributed by atoms with Crippen molar-refractivity contribution in [3.8, 4) is 17.0 Å². The van der Waals surface area contributed by atoms with Crippen LogP contribution in [0.1, 0.15) is 84.0 Å². The number of aromatic nitrogens is 1. The van der Waals surface area contributed by atoms with Crippen molar-refractivity contribution in [2.75, 3.05) is 6.61 Å². The summed E-state index contributed by atoms with van der Waals surface area (Å²) < 4.78 is 19.5. The maximum atomic E-state index is 13.3. The van der Waals surface area contributed by atoms with E-state index in [1.165, 1.54) is 82.8 Å². The molecule has 0 unspecified atom stereocenters. The lowest BCUT2D eigenvalue weighted by atomic mass is 10.1. The maximum absolute atomic E-state index is 13.3. The van der Waals surface area contributed by atoms with Crippen LogP contribution in [0.2, 0.25) is 0 Å². The van der Waals surface area contributed by atoms with Crippen LogP contribution in [0, 0.1) is 5.82 Å². The summed E-state index contributed by atoms with van der Waals surface area (Å²) in [6.45, 7) is 2.99. The van der Waals surface area contributed by atoms with Gasteiger partial charge in [-0.15, -0.1) is 0 Å². The highest BCUT2D eigenvalue weighted by Gasteiger charge is 2.09.